The molecule has 0 saturated carbocycles. The Bertz CT molecular complexity index is 217. The first kappa shape index (κ1) is 12.8. The molecule has 1 N–H and O–H groups in total. The van der Waals surface area contributed by atoms with Crippen LogP contribution in [0, 0.1) is 11.8 Å². The van der Waals surface area contributed by atoms with Gasteiger partial charge >= 0.3 is 0 Å². The number of likely N-dealkylation sites (tertiary alicyclic amines) is 1. The molecule has 0 unspecified atom stereocenters. The maximum Gasteiger partial charge on any atom is 0.227 e. The smallest absolute Gasteiger partial charge is 0.227 e. The fraction of sp³-hybridized carbons (Fsp3) is 0.909. The first-order chi connectivity index (χ1) is 6.77. The first-order valence-corrected chi connectivity index (χ1v) is 5.77. The number of nitrogens with one attached hydrogen (secondary N) is 1. The standard InChI is InChI=1S/C11H20N2O.ClH/c1-9-3-2-6-13(8-9)11(14)10-4-5-12-7-10;/h9-10,12H,2-8H2,1H3;1H/t9-,10+;/m0./s1. The van der Waals surface area contributed by atoms with Crippen molar-refractivity contribution in [2.75, 3.05) is 26.2 Å². The van der Waals surface area contributed by atoms with Crippen molar-refractivity contribution in [3.05, 3.63) is 0 Å². The number of hydrogen-bond donors (Lipinski definition) is 1. The molecule has 0 spiro atoms. The van der Waals surface area contributed by atoms with E-state index in [-0.39, 0.29) is 18.3 Å². The molecule has 2 fully saturated rings. The number of hydrogen-bond acceptors (Lipinski definition) is 2. The Balaban J connectivity index is 0.00000112. The number of amides is 1. The molecule has 3 nitrogen and oxygen atoms in total. The molecular formula is C11H21ClN2O. The van der Waals surface area contributed by atoms with E-state index in [4.69, 9.17) is 0 Å². The Morgan fingerprint density at radius 1 is 1.40 bits per heavy atom. The van der Waals surface area contributed by atoms with Gasteiger partial charge in [0.1, 0.15) is 0 Å². The van der Waals surface area contributed by atoms with Crippen molar-refractivity contribution in [2.24, 2.45) is 11.8 Å². The molecule has 2 aliphatic rings. The average Bonchev–Trinajstić information content (AvgIpc) is 2.69. The third-order valence-electron chi connectivity index (χ3n) is 3.38. The van der Waals surface area contributed by atoms with Crippen LogP contribution in [0.4, 0.5) is 0 Å². The molecule has 0 aliphatic carbocycles. The van der Waals surface area contributed by atoms with E-state index < -0.39 is 0 Å². The van der Waals surface area contributed by atoms with Crippen LogP contribution in [0.1, 0.15) is 26.2 Å². The minimum absolute atomic E-state index is 0. The minimum atomic E-state index is 0. The monoisotopic (exact) mass is 232 g/mol. The zero-order valence-corrected chi connectivity index (χ0v) is 10.2. The van der Waals surface area contributed by atoms with Gasteiger partial charge < -0.3 is 10.2 Å². The van der Waals surface area contributed by atoms with E-state index in [0.29, 0.717) is 11.8 Å². The predicted octanol–water partition coefficient (Wildman–Crippen LogP) is 1.28. The van der Waals surface area contributed by atoms with Crippen molar-refractivity contribution < 1.29 is 4.79 Å². The fourth-order valence-corrected chi connectivity index (χ4v) is 2.51. The van der Waals surface area contributed by atoms with Gasteiger partial charge in [0.05, 0.1) is 5.92 Å². The molecule has 2 atom stereocenters. The van der Waals surface area contributed by atoms with Gasteiger partial charge in [0.2, 0.25) is 5.91 Å². The van der Waals surface area contributed by atoms with Crippen molar-refractivity contribution in [3.63, 3.8) is 0 Å². The van der Waals surface area contributed by atoms with Crippen molar-refractivity contribution in [1.82, 2.24) is 10.2 Å². The van der Waals surface area contributed by atoms with Crippen LogP contribution in [0.25, 0.3) is 0 Å². The zero-order chi connectivity index (χ0) is 9.97. The Morgan fingerprint density at radius 3 is 2.80 bits per heavy atom. The van der Waals surface area contributed by atoms with Crippen molar-refractivity contribution >= 4 is 18.3 Å². The number of rotatable bonds is 1. The largest absolute Gasteiger partial charge is 0.342 e. The summed E-state index contributed by atoms with van der Waals surface area (Å²) >= 11 is 0. The lowest BCUT2D eigenvalue weighted by atomic mass is 9.98. The molecular weight excluding hydrogens is 212 g/mol. The van der Waals surface area contributed by atoms with Crippen LogP contribution in [0.3, 0.4) is 0 Å². The second-order valence-corrected chi connectivity index (χ2v) is 4.72. The molecule has 0 radical (unpaired) electrons. The van der Waals surface area contributed by atoms with Crippen LogP contribution in [-0.4, -0.2) is 37.0 Å². The Kier molecular flexibility index (Phi) is 4.87. The van der Waals surface area contributed by atoms with Gasteiger partial charge in [-0.3, -0.25) is 4.79 Å². The summed E-state index contributed by atoms with van der Waals surface area (Å²) in [6.45, 7) is 6.12. The fourth-order valence-electron chi connectivity index (χ4n) is 2.51. The lowest BCUT2D eigenvalue weighted by molar-refractivity contribution is -0.136. The van der Waals surface area contributed by atoms with E-state index >= 15 is 0 Å². The molecule has 0 bridgehead atoms. The lowest BCUT2D eigenvalue weighted by Gasteiger charge is -2.32. The zero-order valence-electron chi connectivity index (χ0n) is 9.37. The van der Waals surface area contributed by atoms with E-state index in [1.807, 2.05) is 0 Å². The van der Waals surface area contributed by atoms with E-state index in [1.165, 1.54) is 12.8 Å². The van der Waals surface area contributed by atoms with Crippen LogP contribution in [0.2, 0.25) is 0 Å². The normalized spacial score (nSPS) is 31.1. The number of piperidine rings is 1. The topological polar surface area (TPSA) is 32.3 Å². The van der Waals surface area contributed by atoms with Gasteiger partial charge in [-0.15, -0.1) is 12.4 Å². The molecule has 88 valence electrons. The van der Waals surface area contributed by atoms with Gasteiger partial charge in [-0.1, -0.05) is 6.92 Å². The molecule has 4 heteroatoms. The van der Waals surface area contributed by atoms with Crippen LogP contribution >= 0.6 is 12.4 Å². The Morgan fingerprint density at radius 2 is 2.20 bits per heavy atom. The molecule has 2 rings (SSSR count). The van der Waals surface area contributed by atoms with E-state index in [0.717, 1.165) is 32.6 Å². The summed E-state index contributed by atoms with van der Waals surface area (Å²) in [5.41, 5.74) is 0. The maximum atomic E-state index is 12.0. The Labute approximate surface area is 98.0 Å². The van der Waals surface area contributed by atoms with Gasteiger partial charge in [0.25, 0.3) is 0 Å². The Hall–Kier alpha value is -0.280. The van der Waals surface area contributed by atoms with Gasteiger partial charge in [-0.05, 0) is 31.7 Å². The summed E-state index contributed by atoms with van der Waals surface area (Å²) in [5.74, 6) is 1.35. The van der Waals surface area contributed by atoms with Crippen molar-refractivity contribution in [2.45, 2.75) is 26.2 Å². The number of halogens is 1. The van der Waals surface area contributed by atoms with Crippen LogP contribution in [-0.2, 0) is 4.79 Å². The molecule has 2 saturated heterocycles. The van der Waals surface area contributed by atoms with Gasteiger partial charge in [-0.2, -0.15) is 0 Å². The van der Waals surface area contributed by atoms with Gasteiger partial charge in [0.15, 0.2) is 0 Å². The number of carbonyl (C=O) groups is 1. The van der Waals surface area contributed by atoms with E-state index in [1.54, 1.807) is 0 Å². The summed E-state index contributed by atoms with van der Waals surface area (Å²) in [5, 5.41) is 3.26. The van der Waals surface area contributed by atoms with E-state index in [9.17, 15) is 4.79 Å². The van der Waals surface area contributed by atoms with Crippen LogP contribution in [0.5, 0.6) is 0 Å². The highest BCUT2D eigenvalue weighted by Crippen LogP contribution is 2.19. The summed E-state index contributed by atoms with van der Waals surface area (Å²) in [6.07, 6.45) is 3.50. The maximum absolute atomic E-state index is 12.0. The predicted molar refractivity (Wildman–Crippen MR) is 63.2 cm³/mol. The lowest BCUT2D eigenvalue weighted by Crippen LogP contribution is -2.42. The quantitative estimate of drug-likeness (QED) is 0.739. The van der Waals surface area contributed by atoms with Crippen molar-refractivity contribution in [1.29, 1.82) is 0 Å². The highest BCUT2D eigenvalue weighted by Gasteiger charge is 2.29. The third kappa shape index (κ3) is 3.08. The first-order valence-electron chi connectivity index (χ1n) is 5.77. The van der Waals surface area contributed by atoms with E-state index in [2.05, 4.69) is 17.1 Å². The summed E-state index contributed by atoms with van der Waals surface area (Å²) in [7, 11) is 0. The molecule has 0 aromatic rings. The highest BCUT2D eigenvalue weighted by molar-refractivity contribution is 5.85. The molecule has 2 heterocycles. The summed E-state index contributed by atoms with van der Waals surface area (Å²) in [6, 6.07) is 0. The molecule has 0 aromatic carbocycles. The van der Waals surface area contributed by atoms with Crippen molar-refractivity contribution in [3.8, 4) is 0 Å². The average molecular weight is 233 g/mol. The second-order valence-electron chi connectivity index (χ2n) is 4.72. The number of carbonyl (C=O) groups excluding carboxylic acids is 1. The SMILES string of the molecule is C[C@H]1CCCN(C(=O)[C@@H]2CCNC2)C1.Cl. The minimum Gasteiger partial charge on any atom is -0.342 e. The molecule has 0 aromatic heterocycles. The van der Waals surface area contributed by atoms with Gasteiger partial charge in [-0.25, -0.2) is 0 Å². The van der Waals surface area contributed by atoms with Crippen LogP contribution in [0.15, 0.2) is 0 Å². The second kappa shape index (κ2) is 5.71. The third-order valence-corrected chi connectivity index (χ3v) is 3.38. The van der Waals surface area contributed by atoms with Gasteiger partial charge in [0, 0.05) is 19.6 Å². The molecule has 2 aliphatic heterocycles. The molecule has 15 heavy (non-hydrogen) atoms. The number of nitrogens with zero attached hydrogens (tertiary/aromatic N) is 1. The van der Waals surface area contributed by atoms with Crippen LogP contribution < -0.4 is 5.32 Å². The summed E-state index contributed by atoms with van der Waals surface area (Å²) < 4.78 is 0. The summed E-state index contributed by atoms with van der Waals surface area (Å²) in [4.78, 5) is 14.1. The molecule has 1 amide bonds. The highest BCUT2D eigenvalue weighted by atomic mass is 35.5.